The second kappa shape index (κ2) is 6.17. The molecule has 0 radical (unpaired) electrons. The molecule has 0 aliphatic rings. The zero-order valence-electron chi connectivity index (χ0n) is 11.3. The van der Waals surface area contributed by atoms with E-state index in [2.05, 4.69) is 25.8 Å². The Hall–Kier alpha value is -1.38. The van der Waals surface area contributed by atoms with Crippen LogP contribution in [0, 0.1) is 6.92 Å². The number of nitrogens with one attached hydrogen (secondary N) is 1. The Kier molecular flexibility index (Phi) is 4.70. The van der Waals surface area contributed by atoms with Crippen LogP contribution in [0.2, 0.25) is 0 Å². The summed E-state index contributed by atoms with van der Waals surface area (Å²) in [5.74, 6) is 0. The summed E-state index contributed by atoms with van der Waals surface area (Å²) in [6, 6.07) is 8.36. The molecule has 0 aliphatic carbocycles. The normalized spacial score (nSPS) is 12.4. The molecule has 0 amide bonds. The summed E-state index contributed by atoms with van der Waals surface area (Å²) < 4.78 is 28.3. The largest absolute Gasteiger partial charge is 0.411 e. The number of nitrogens with zero attached hydrogens (tertiary/aromatic N) is 1. The third-order valence-electron chi connectivity index (χ3n) is 2.81. The van der Waals surface area contributed by atoms with Crippen LogP contribution in [0.25, 0.3) is 0 Å². The molecule has 0 spiro atoms. The Morgan fingerprint density at radius 3 is 2.62 bits per heavy atom. The van der Waals surface area contributed by atoms with E-state index in [4.69, 9.17) is 5.21 Å². The molecule has 2 rings (SSSR count). The third kappa shape index (κ3) is 3.45. The van der Waals surface area contributed by atoms with Gasteiger partial charge in [0.1, 0.15) is 4.21 Å². The lowest BCUT2D eigenvalue weighted by Crippen LogP contribution is -2.14. The maximum absolute atomic E-state index is 12.4. The van der Waals surface area contributed by atoms with Crippen molar-refractivity contribution in [2.24, 2.45) is 5.16 Å². The summed E-state index contributed by atoms with van der Waals surface area (Å²) in [5, 5.41) is 12.0. The van der Waals surface area contributed by atoms with E-state index in [0.29, 0.717) is 17.0 Å². The van der Waals surface area contributed by atoms with Crippen LogP contribution in [-0.2, 0) is 10.0 Å². The molecular formula is C13H13BrN2O3S2. The first kappa shape index (κ1) is 16.0. The Morgan fingerprint density at radius 2 is 2.05 bits per heavy atom. The average Bonchev–Trinajstić information content (AvgIpc) is 2.79. The third-order valence-corrected chi connectivity index (χ3v) is 6.79. The van der Waals surface area contributed by atoms with E-state index in [9.17, 15) is 8.42 Å². The summed E-state index contributed by atoms with van der Waals surface area (Å²) in [6.45, 7) is 3.43. The number of sulfonamides is 1. The van der Waals surface area contributed by atoms with Crippen molar-refractivity contribution in [3.05, 3.63) is 45.2 Å². The molecule has 1 aromatic carbocycles. The quantitative estimate of drug-likeness (QED) is 0.474. The lowest BCUT2D eigenvalue weighted by molar-refractivity contribution is 0.319. The number of halogens is 1. The molecule has 0 saturated carbocycles. The maximum Gasteiger partial charge on any atom is 0.271 e. The van der Waals surface area contributed by atoms with Crippen molar-refractivity contribution < 1.29 is 13.6 Å². The Balaban J connectivity index is 2.42. The molecule has 0 saturated heterocycles. The van der Waals surface area contributed by atoms with Crippen molar-refractivity contribution in [3.63, 3.8) is 0 Å². The topological polar surface area (TPSA) is 78.8 Å². The van der Waals surface area contributed by atoms with Crippen LogP contribution < -0.4 is 4.72 Å². The van der Waals surface area contributed by atoms with E-state index in [1.54, 1.807) is 37.3 Å². The van der Waals surface area contributed by atoms with Gasteiger partial charge in [-0.3, -0.25) is 4.72 Å². The van der Waals surface area contributed by atoms with Crippen molar-refractivity contribution in [2.45, 2.75) is 18.1 Å². The highest BCUT2D eigenvalue weighted by Gasteiger charge is 2.20. The van der Waals surface area contributed by atoms with Crippen LogP contribution in [0.15, 0.2) is 43.5 Å². The Labute approximate surface area is 135 Å². The van der Waals surface area contributed by atoms with Gasteiger partial charge in [0.2, 0.25) is 0 Å². The number of hydrogen-bond donors (Lipinski definition) is 2. The predicted molar refractivity (Wildman–Crippen MR) is 88.0 cm³/mol. The van der Waals surface area contributed by atoms with Crippen LogP contribution in [0.4, 0.5) is 5.69 Å². The zero-order chi connectivity index (χ0) is 15.6. The van der Waals surface area contributed by atoms with E-state index >= 15 is 0 Å². The smallest absolute Gasteiger partial charge is 0.271 e. The van der Waals surface area contributed by atoms with Crippen LogP contribution in [-0.4, -0.2) is 19.3 Å². The fourth-order valence-electron chi connectivity index (χ4n) is 1.70. The van der Waals surface area contributed by atoms with Crippen LogP contribution >= 0.6 is 27.3 Å². The minimum Gasteiger partial charge on any atom is -0.411 e. The molecule has 21 heavy (non-hydrogen) atoms. The first-order valence-electron chi connectivity index (χ1n) is 5.92. The first-order chi connectivity index (χ1) is 9.85. The van der Waals surface area contributed by atoms with Crippen molar-refractivity contribution in [2.75, 3.05) is 4.72 Å². The minimum absolute atomic E-state index is 0.222. The SMILES string of the molecule is C/C(=N/O)c1ccccc1NS(=O)(=O)c1cc(C)c(Br)s1. The van der Waals surface area contributed by atoms with Gasteiger partial charge in [-0.1, -0.05) is 23.4 Å². The van der Waals surface area contributed by atoms with Crippen molar-refractivity contribution in [1.29, 1.82) is 0 Å². The molecule has 1 heterocycles. The van der Waals surface area contributed by atoms with Gasteiger partial charge in [0, 0.05) is 5.56 Å². The van der Waals surface area contributed by atoms with Gasteiger partial charge in [-0.15, -0.1) is 11.3 Å². The molecule has 112 valence electrons. The van der Waals surface area contributed by atoms with Crippen LogP contribution in [0.3, 0.4) is 0 Å². The molecule has 2 aromatic rings. The standard InChI is InChI=1S/C13H13BrN2O3S2/c1-8-7-12(20-13(8)14)21(18,19)16-11-6-4-3-5-10(11)9(2)15-17/h3-7,16-17H,1-2H3/b15-9-. The highest BCUT2D eigenvalue weighted by Crippen LogP contribution is 2.32. The number of para-hydroxylation sites is 1. The van der Waals surface area contributed by atoms with Crippen LogP contribution in [0.1, 0.15) is 18.1 Å². The Bertz CT molecular complexity index is 778. The second-order valence-electron chi connectivity index (χ2n) is 4.36. The van der Waals surface area contributed by atoms with Gasteiger partial charge >= 0.3 is 0 Å². The number of anilines is 1. The summed E-state index contributed by atoms with van der Waals surface area (Å²) in [6.07, 6.45) is 0. The van der Waals surface area contributed by atoms with Crippen molar-refractivity contribution in [1.82, 2.24) is 0 Å². The summed E-state index contributed by atoms with van der Waals surface area (Å²) >= 11 is 4.46. The molecule has 0 fully saturated rings. The highest BCUT2D eigenvalue weighted by molar-refractivity contribution is 9.11. The molecule has 5 nitrogen and oxygen atoms in total. The lowest BCUT2D eigenvalue weighted by atomic mass is 10.1. The van der Waals surface area contributed by atoms with Gasteiger partial charge in [0.05, 0.1) is 15.2 Å². The first-order valence-corrected chi connectivity index (χ1v) is 9.01. The fourth-order valence-corrected chi connectivity index (χ4v) is 5.01. The second-order valence-corrected chi connectivity index (χ2v) is 8.64. The van der Waals surface area contributed by atoms with E-state index in [0.717, 1.165) is 20.7 Å². The van der Waals surface area contributed by atoms with Gasteiger partial charge in [-0.05, 0) is 47.5 Å². The number of benzene rings is 1. The number of aryl methyl sites for hydroxylation is 1. The monoisotopic (exact) mass is 388 g/mol. The zero-order valence-corrected chi connectivity index (χ0v) is 14.5. The number of rotatable bonds is 4. The molecule has 2 N–H and O–H groups in total. The minimum atomic E-state index is -3.68. The number of hydrogen-bond acceptors (Lipinski definition) is 5. The average molecular weight is 389 g/mol. The van der Waals surface area contributed by atoms with Crippen molar-refractivity contribution in [3.8, 4) is 0 Å². The van der Waals surface area contributed by atoms with Gasteiger partial charge in [-0.25, -0.2) is 8.42 Å². The fraction of sp³-hybridized carbons (Fsp3) is 0.154. The van der Waals surface area contributed by atoms with Crippen molar-refractivity contribution >= 4 is 48.7 Å². The number of oxime groups is 1. The molecule has 8 heteroatoms. The van der Waals surface area contributed by atoms with E-state index in [1.165, 1.54) is 0 Å². The lowest BCUT2D eigenvalue weighted by Gasteiger charge is -2.10. The summed E-state index contributed by atoms with van der Waals surface area (Å²) in [7, 11) is -3.68. The molecule has 1 aromatic heterocycles. The van der Waals surface area contributed by atoms with Gasteiger partial charge in [0.15, 0.2) is 0 Å². The molecule has 0 atom stereocenters. The van der Waals surface area contributed by atoms with E-state index in [1.807, 2.05) is 6.92 Å². The molecule has 0 bridgehead atoms. The maximum atomic E-state index is 12.4. The molecule has 0 unspecified atom stereocenters. The van der Waals surface area contributed by atoms with E-state index < -0.39 is 10.0 Å². The highest BCUT2D eigenvalue weighted by atomic mass is 79.9. The summed E-state index contributed by atoms with van der Waals surface area (Å²) in [5.41, 5.74) is 2.09. The van der Waals surface area contributed by atoms with Gasteiger partial charge < -0.3 is 5.21 Å². The summed E-state index contributed by atoms with van der Waals surface area (Å²) in [4.78, 5) is 0. The van der Waals surface area contributed by atoms with E-state index in [-0.39, 0.29) is 4.21 Å². The molecular weight excluding hydrogens is 376 g/mol. The number of thiophene rings is 1. The van der Waals surface area contributed by atoms with Gasteiger partial charge in [0.25, 0.3) is 10.0 Å². The van der Waals surface area contributed by atoms with Crippen LogP contribution in [0.5, 0.6) is 0 Å². The predicted octanol–water partition coefficient (Wildman–Crippen LogP) is 3.82. The Morgan fingerprint density at radius 1 is 1.38 bits per heavy atom. The van der Waals surface area contributed by atoms with Gasteiger partial charge in [-0.2, -0.15) is 0 Å². The molecule has 0 aliphatic heterocycles.